The number of carbonyl (C=O) groups is 1. The number of ether oxygens (including phenoxy) is 1. The van der Waals surface area contributed by atoms with Crippen LogP contribution >= 0.6 is 0 Å². The number of hydrogen-bond donors (Lipinski definition) is 0. The van der Waals surface area contributed by atoms with Gasteiger partial charge in [0.05, 0.1) is 30.8 Å². The fourth-order valence-corrected chi connectivity index (χ4v) is 2.51. The molecule has 0 N–H and O–H groups in total. The first-order valence-electron chi connectivity index (χ1n) is 7.53. The van der Waals surface area contributed by atoms with E-state index in [1.54, 1.807) is 42.2 Å². The minimum atomic E-state index is -0.0797. The molecule has 0 unspecified atom stereocenters. The Morgan fingerprint density at radius 1 is 1.21 bits per heavy atom. The quantitative estimate of drug-likeness (QED) is 0.724. The summed E-state index contributed by atoms with van der Waals surface area (Å²) in [6.45, 7) is 0.488. The summed E-state index contributed by atoms with van der Waals surface area (Å²) in [6, 6.07) is 15.0. The normalized spacial score (nSPS) is 10.4. The first-order valence-corrected chi connectivity index (χ1v) is 7.53. The summed E-state index contributed by atoms with van der Waals surface area (Å²) >= 11 is 0. The molecule has 6 heteroatoms. The van der Waals surface area contributed by atoms with Crippen molar-refractivity contribution in [3.63, 3.8) is 0 Å². The summed E-state index contributed by atoms with van der Waals surface area (Å²) in [7, 11) is 3.41. The van der Waals surface area contributed by atoms with Gasteiger partial charge in [-0.25, -0.2) is 4.68 Å². The Bertz CT molecular complexity index is 831. The van der Waals surface area contributed by atoms with Crippen molar-refractivity contribution >= 4 is 5.91 Å². The van der Waals surface area contributed by atoms with Crippen molar-refractivity contribution in [1.29, 1.82) is 0 Å². The lowest BCUT2D eigenvalue weighted by atomic mass is 10.1. The number of amides is 1. The van der Waals surface area contributed by atoms with Gasteiger partial charge in [0.25, 0.3) is 5.91 Å². The number of aromatic nitrogens is 3. The summed E-state index contributed by atoms with van der Waals surface area (Å²) in [5.74, 6) is 0.695. The fraction of sp³-hybridized carbons (Fsp3) is 0.167. The van der Waals surface area contributed by atoms with Crippen LogP contribution in [0.2, 0.25) is 0 Å². The lowest BCUT2D eigenvalue weighted by Gasteiger charge is -2.19. The fourth-order valence-electron chi connectivity index (χ4n) is 2.51. The monoisotopic (exact) mass is 322 g/mol. The number of benzene rings is 2. The number of methoxy groups -OCH3 is 1. The molecule has 6 nitrogen and oxygen atoms in total. The van der Waals surface area contributed by atoms with Crippen molar-refractivity contribution in [3.8, 4) is 11.4 Å². The maximum absolute atomic E-state index is 12.9. The standard InChI is InChI=1S/C18H18N4O2/c1-21(13-14-6-5-7-15(12-14)24-2)18(23)16-8-3-4-9-17(16)22-11-10-19-20-22/h3-12H,13H2,1-2H3. The van der Waals surface area contributed by atoms with Gasteiger partial charge in [-0.3, -0.25) is 4.79 Å². The van der Waals surface area contributed by atoms with Gasteiger partial charge in [0.1, 0.15) is 5.75 Å². The van der Waals surface area contributed by atoms with Crippen molar-refractivity contribution in [1.82, 2.24) is 19.9 Å². The van der Waals surface area contributed by atoms with E-state index < -0.39 is 0 Å². The molecule has 122 valence electrons. The first kappa shape index (κ1) is 15.7. The highest BCUT2D eigenvalue weighted by Crippen LogP contribution is 2.18. The van der Waals surface area contributed by atoms with Gasteiger partial charge in [0.2, 0.25) is 0 Å². The Labute approximate surface area is 140 Å². The van der Waals surface area contributed by atoms with Crippen LogP contribution in [-0.4, -0.2) is 40.0 Å². The van der Waals surface area contributed by atoms with Gasteiger partial charge >= 0.3 is 0 Å². The van der Waals surface area contributed by atoms with Crippen LogP contribution in [0.4, 0.5) is 0 Å². The summed E-state index contributed by atoms with van der Waals surface area (Å²) in [5.41, 5.74) is 2.29. The summed E-state index contributed by atoms with van der Waals surface area (Å²) in [6.07, 6.45) is 3.30. The molecule has 0 saturated heterocycles. The van der Waals surface area contributed by atoms with Crippen LogP contribution in [0.25, 0.3) is 5.69 Å². The number of rotatable bonds is 5. The number of carbonyl (C=O) groups excluding carboxylic acids is 1. The third-order valence-corrected chi connectivity index (χ3v) is 3.70. The van der Waals surface area contributed by atoms with Crippen molar-refractivity contribution < 1.29 is 9.53 Å². The van der Waals surface area contributed by atoms with Gasteiger partial charge in [0.15, 0.2) is 0 Å². The molecule has 0 bridgehead atoms. The van der Waals surface area contributed by atoms with Crippen molar-refractivity contribution in [2.45, 2.75) is 6.54 Å². The first-order chi connectivity index (χ1) is 11.7. The molecular weight excluding hydrogens is 304 g/mol. The lowest BCUT2D eigenvalue weighted by Crippen LogP contribution is -2.27. The average Bonchev–Trinajstić information content (AvgIpc) is 3.15. The SMILES string of the molecule is COc1cccc(CN(C)C(=O)c2ccccc2-n2ccnn2)c1. The molecule has 0 saturated carbocycles. The van der Waals surface area contributed by atoms with E-state index >= 15 is 0 Å². The molecule has 0 radical (unpaired) electrons. The van der Waals surface area contributed by atoms with E-state index in [0.717, 1.165) is 11.3 Å². The second kappa shape index (κ2) is 6.95. The van der Waals surface area contributed by atoms with Crippen LogP contribution in [0.15, 0.2) is 60.9 Å². The average molecular weight is 322 g/mol. The van der Waals surface area contributed by atoms with Gasteiger partial charge in [-0.05, 0) is 29.8 Å². The van der Waals surface area contributed by atoms with Crippen molar-refractivity contribution in [2.75, 3.05) is 14.2 Å². The van der Waals surface area contributed by atoms with Crippen LogP contribution < -0.4 is 4.74 Å². The summed E-state index contributed by atoms with van der Waals surface area (Å²) in [5, 5.41) is 7.78. The molecule has 1 heterocycles. The third kappa shape index (κ3) is 3.27. The molecule has 0 atom stereocenters. The van der Waals surface area contributed by atoms with E-state index in [0.29, 0.717) is 17.8 Å². The zero-order valence-electron chi connectivity index (χ0n) is 13.6. The maximum Gasteiger partial charge on any atom is 0.256 e. The molecule has 0 aliphatic rings. The number of para-hydroxylation sites is 1. The Hall–Kier alpha value is -3.15. The highest BCUT2D eigenvalue weighted by Gasteiger charge is 2.17. The molecule has 0 aliphatic heterocycles. The predicted octanol–water partition coefficient (Wildman–Crippen LogP) is 2.55. The van der Waals surface area contributed by atoms with E-state index in [4.69, 9.17) is 4.74 Å². The minimum Gasteiger partial charge on any atom is -0.497 e. The van der Waals surface area contributed by atoms with Gasteiger partial charge in [-0.2, -0.15) is 0 Å². The second-order valence-electron chi connectivity index (χ2n) is 5.38. The molecule has 3 aromatic rings. The maximum atomic E-state index is 12.9. The summed E-state index contributed by atoms with van der Waals surface area (Å²) < 4.78 is 6.82. The Balaban J connectivity index is 1.84. The van der Waals surface area contributed by atoms with E-state index in [1.165, 1.54) is 0 Å². The number of hydrogen-bond acceptors (Lipinski definition) is 4. The van der Waals surface area contributed by atoms with Crippen molar-refractivity contribution in [3.05, 3.63) is 72.1 Å². The minimum absolute atomic E-state index is 0.0797. The number of nitrogens with zero attached hydrogens (tertiary/aromatic N) is 4. The zero-order chi connectivity index (χ0) is 16.9. The molecule has 1 aromatic heterocycles. The Morgan fingerprint density at radius 2 is 2.04 bits per heavy atom. The Kier molecular flexibility index (Phi) is 4.56. The smallest absolute Gasteiger partial charge is 0.256 e. The topological polar surface area (TPSA) is 60.2 Å². The van der Waals surface area contributed by atoms with Gasteiger partial charge in [-0.1, -0.05) is 29.5 Å². The Morgan fingerprint density at radius 3 is 2.79 bits per heavy atom. The molecule has 24 heavy (non-hydrogen) atoms. The molecule has 0 spiro atoms. The van der Waals surface area contributed by atoms with E-state index in [2.05, 4.69) is 10.3 Å². The molecular formula is C18H18N4O2. The third-order valence-electron chi connectivity index (χ3n) is 3.70. The molecule has 1 amide bonds. The predicted molar refractivity (Wildman–Crippen MR) is 90.2 cm³/mol. The van der Waals surface area contributed by atoms with Gasteiger partial charge in [0, 0.05) is 13.6 Å². The molecule has 0 fully saturated rings. The zero-order valence-corrected chi connectivity index (χ0v) is 13.6. The van der Waals surface area contributed by atoms with Crippen LogP contribution in [0, 0.1) is 0 Å². The second-order valence-corrected chi connectivity index (χ2v) is 5.38. The van der Waals surface area contributed by atoms with Gasteiger partial charge in [-0.15, -0.1) is 5.10 Å². The van der Waals surface area contributed by atoms with E-state index in [-0.39, 0.29) is 5.91 Å². The highest BCUT2D eigenvalue weighted by molar-refractivity contribution is 5.97. The van der Waals surface area contributed by atoms with Crippen LogP contribution in [0.3, 0.4) is 0 Å². The van der Waals surface area contributed by atoms with Gasteiger partial charge < -0.3 is 9.64 Å². The van der Waals surface area contributed by atoms with E-state index in [9.17, 15) is 4.79 Å². The largest absolute Gasteiger partial charge is 0.497 e. The molecule has 0 aliphatic carbocycles. The van der Waals surface area contributed by atoms with Crippen molar-refractivity contribution in [2.24, 2.45) is 0 Å². The van der Waals surface area contributed by atoms with Crippen LogP contribution in [0.5, 0.6) is 5.75 Å². The highest BCUT2D eigenvalue weighted by atomic mass is 16.5. The molecule has 3 rings (SSSR count). The lowest BCUT2D eigenvalue weighted by molar-refractivity contribution is 0.0785. The van der Waals surface area contributed by atoms with Crippen LogP contribution in [-0.2, 0) is 6.54 Å². The molecule has 2 aromatic carbocycles. The summed E-state index contributed by atoms with van der Waals surface area (Å²) in [4.78, 5) is 14.5. The van der Waals surface area contributed by atoms with E-state index in [1.807, 2.05) is 42.5 Å². The van der Waals surface area contributed by atoms with Crippen LogP contribution in [0.1, 0.15) is 15.9 Å².